The Balaban J connectivity index is 0.000000231. The minimum atomic E-state index is -0.469. The third kappa shape index (κ3) is 7.01. The van der Waals surface area contributed by atoms with Gasteiger partial charge < -0.3 is 9.47 Å². The van der Waals surface area contributed by atoms with Crippen LogP contribution < -0.4 is 0 Å². The Bertz CT molecular complexity index is 608. The van der Waals surface area contributed by atoms with Crippen molar-refractivity contribution in [2.24, 2.45) is 0 Å². The van der Waals surface area contributed by atoms with Crippen molar-refractivity contribution in [1.29, 1.82) is 0 Å². The summed E-state index contributed by atoms with van der Waals surface area (Å²) in [4.78, 5) is 29.2. The molecule has 2 aromatic heterocycles. The molecular formula is C16H17BrN2O4. The molecule has 2 heterocycles. The zero-order valence-electron chi connectivity index (χ0n) is 12.8. The number of carbonyl (C=O) groups is 2. The molecular weight excluding hydrogens is 364 g/mol. The Morgan fingerprint density at radius 3 is 2.17 bits per heavy atom. The van der Waals surface area contributed by atoms with Crippen molar-refractivity contribution in [2.45, 2.75) is 11.2 Å². The Hall–Kier alpha value is -2.28. The smallest absolute Gasteiger partial charge is 0.325 e. The molecule has 0 saturated heterocycles. The normalized spacial score (nSPS) is 10.7. The van der Waals surface area contributed by atoms with Crippen LogP contribution in [0.1, 0.15) is 16.2 Å². The lowest BCUT2D eigenvalue weighted by Gasteiger charge is -2.05. The molecule has 6 nitrogen and oxygen atoms in total. The van der Waals surface area contributed by atoms with E-state index < -0.39 is 4.83 Å². The van der Waals surface area contributed by atoms with E-state index in [0.29, 0.717) is 5.69 Å². The molecule has 0 aromatic carbocycles. The summed E-state index contributed by atoms with van der Waals surface area (Å²) < 4.78 is 9.02. The number of rotatable bonds is 4. The maximum atomic E-state index is 11.0. The molecule has 0 fully saturated rings. The molecule has 2 rings (SSSR count). The summed E-state index contributed by atoms with van der Waals surface area (Å²) in [6.45, 7) is 0. The predicted octanol–water partition coefficient (Wildman–Crippen LogP) is 2.49. The number of hydrogen-bond donors (Lipinski definition) is 0. The molecule has 0 saturated carbocycles. The summed E-state index contributed by atoms with van der Waals surface area (Å²) in [5.74, 6) is -0.600. The van der Waals surface area contributed by atoms with Crippen LogP contribution in [0, 0.1) is 0 Å². The van der Waals surface area contributed by atoms with E-state index in [9.17, 15) is 9.59 Å². The lowest BCUT2D eigenvalue weighted by Crippen LogP contribution is -2.09. The standard InChI is InChI=1S/C8H8BrNO2.C8H9NO2/c1-12-8(11)7(9)6-4-2-3-5-10-6;1-11-8(10)6-7-4-2-3-5-9-7/h2-5,7H,1H3;2-5H,6H2,1H3. The molecule has 0 radical (unpaired) electrons. The second kappa shape index (κ2) is 10.4. The van der Waals surface area contributed by atoms with Gasteiger partial charge in [0, 0.05) is 12.4 Å². The van der Waals surface area contributed by atoms with E-state index in [2.05, 4.69) is 35.4 Å². The number of aromatic nitrogens is 2. The highest BCUT2D eigenvalue weighted by Gasteiger charge is 2.17. The highest BCUT2D eigenvalue weighted by molar-refractivity contribution is 9.09. The van der Waals surface area contributed by atoms with Crippen molar-refractivity contribution in [3.8, 4) is 0 Å². The number of methoxy groups -OCH3 is 2. The fraction of sp³-hybridized carbons (Fsp3) is 0.250. The number of carbonyl (C=O) groups excluding carboxylic acids is 2. The molecule has 0 aliphatic heterocycles. The Kier molecular flexibility index (Phi) is 8.52. The molecule has 7 heteroatoms. The van der Waals surface area contributed by atoms with Crippen LogP contribution in [0.5, 0.6) is 0 Å². The van der Waals surface area contributed by atoms with E-state index in [1.54, 1.807) is 36.7 Å². The van der Waals surface area contributed by atoms with Gasteiger partial charge >= 0.3 is 11.9 Å². The van der Waals surface area contributed by atoms with Crippen molar-refractivity contribution in [1.82, 2.24) is 9.97 Å². The molecule has 2 aromatic rings. The predicted molar refractivity (Wildman–Crippen MR) is 87.9 cm³/mol. The van der Waals surface area contributed by atoms with Crippen LogP contribution >= 0.6 is 15.9 Å². The maximum Gasteiger partial charge on any atom is 0.325 e. The molecule has 0 amide bonds. The monoisotopic (exact) mass is 380 g/mol. The number of esters is 2. The fourth-order valence-electron chi connectivity index (χ4n) is 1.47. The molecule has 0 bridgehead atoms. The summed E-state index contributed by atoms with van der Waals surface area (Å²) in [7, 11) is 2.71. The van der Waals surface area contributed by atoms with Crippen LogP contribution in [0.3, 0.4) is 0 Å². The topological polar surface area (TPSA) is 78.4 Å². The van der Waals surface area contributed by atoms with Gasteiger partial charge in [-0.2, -0.15) is 0 Å². The second-order valence-electron chi connectivity index (χ2n) is 4.21. The number of ether oxygens (including phenoxy) is 2. The highest BCUT2D eigenvalue weighted by atomic mass is 79.9. The average Bonchev–Trinajstić information content (AvgIpc) is 2.62. The Morgan fingerprint density at radius 2 is 1.70 bits per heavy atom. The van der Waals surface area contributed by atoms with Crippen LogP contribution in [0.2, 0.25) is 0 Å². The first kappa shape index (κ1) is 18.8. The first-order valence-electron chi connectivity index (χ1n) is 6.68. The lowest BCUT2D eigenvalue weighted by molar-refractivity contribution is -0.140. The van der Waals surface area contributed by atoms with E-state index in [-0.39, 0.29) is 18.4 Å². The minimum Gasteiger partial charge on any atom is -0.469 e. The number of hydrogen-bond acceptors (Lipinski definition) is 6. The first-order valence-corrected chi connectivity index (χ1v) is 7.59. The van der Waals surface area contributed by atoms with Crippen LogP contribution in [-0.2, 0) is 25.5 Å². The van der Waals surface area contributed by atoms with Crippen LogP contribution in [0.25, 0.3) is 0 Å². The molecule has 1 atom stereocenters. The van der Waals surface area contributed by atoms with Gasteiger partial charge in [-0.05, 0) is 24.3 Å². The third-order valence-electron chi connectivity index (χ3n) is 2.63. The Labute approximate surface area is 143 Å². The molecule has 122 valence electrons. The average molecular weight is 381 g/mol. The highest BCUT2D eigenvalue weighted by Crippen LogP contribution is 2.21. The first-order chi connectivity index (χ1) is 11.1. The zero-order chi connectivity index (χ0) is 17.1. The van der Waals surface area contributed by atoms with Crippen molar-refractivity contribution in [3.63, 3.8) is 0 Å². The van der Waals surface area contributed by atoms with Gasteiger partial charge in [-0.25, -0.2) is 0 Å². The van der Waals surface area contributed by atoms with Gasteiger partial charge in [0.2, 0.25) is 0 Å². The van der Waals surface area contributed by atoms with Gasteiger partial charge in [0.25, 0.3) is 0 Å². The number of pyridine rings is 2. The molecule has 1 unspecified atom stereocenters. The quantitative estimate of drug-likeness (QED) is 0.598. The largest absolute Gasteiger partial charge is 0.469 e. The summed E-state index contributed by atoms with van der Waals surface area (Å²) >= 11 is 3.17. The van der Waals surface area contributed by atoms with Gasteiger partial charge in [-0.15, -0.1) is 0 Å². The number of halogens is 1. The van der Waals surface area contributed by atoms with E-state index in [1.807, 2.05) is 12.1 Å². The van der Waals surface area contributed by atoms with E-state index in [4.69, 9.17) is 0 Å². The van der Waals surface area contributed by atoms with Gasteiger partial charge in [-0.3, -0.25) is 19.6 Å². The molecule has 23 heavy (non-hydrogen) atoms. The van der Waals surface area contributed by atoms with Gasteiger partial charge in [0.15, 0.2) is 4.83 Å². The number of nitrogens with zero attached hydrogens (tertiary/aromatic N) is 2. The minimum absolute atomic E-state index is 0.247. The van der Waals surface area contributed by atoms with Crippen molar-refractivity contribution < 1.29 is 19.1 Å². The van der Waals surface area contributed by atoms with Gasteiger partial charge in [0.1, 0.15) is 0 Å². The van der Waals surface area contributed by atoms with E-state index >= 15 is 0 Å². The summed E-state index contributed by atoms with van der Waals surface area (Å²) in [5, 5.41) is 0. The summed E-state index contributed by atoms with van der Waals surface area (Å²) in [5.41, 5.74) is 1.39. The van der Waals surface area contributed by atoms with Gasteiger partial charge in [-0.1, -0.05) is 28.1 Å². The zero-order valence-corrected chi connectivity index (χ0v) is 14.4. The van der Waals surface area contributed by atoms with Crippen LogP contribution in [-0.4, -0.2) is 36.1 Å². The van der Waals surface area contributed by atoms with Crippen molar-refractivity contribution in [3.05, 3.63) is 60.2 Å². The Morgan fingerprint density at radius 1 is 1.04 bits per heavy atom. The molecule has 0 aliphatic carbocycles. The fourth-order valence-corrected chi connectivity index (χ4v) is 1.93. The third-order valence-corrected chi connectivity index (χ3v) is 3.48. The molecule has 0 spiro atoms. The number of alkyl halides is 1. The van der Waals surface area contributed by atoms with Crippen LogP contribution in [0.4, 0.5) is 0 Å². The second-order valence-corrected chi connectivity index (χ2v) is 5.13. The molecule has 0 aliphatic rings. The van der Waals surface area contributed by atoms with Gasteiger partial charge in [0.05, 0.1) is 32.0 Å². The van der Waals surface area contributed by atoms with Crippen molar-refractivity contribution in [2.75, 3.05) is 14.2 Å². The van der Waals surface area contributed by atoms with Crippen molar-refractivity contribution >= 4 is 27.9 Å². The lowest BCUT2D eigenvalue weighted by atomic mass is 10.3. The van der Waals surface area contributed by atoms with E-state index in [0.717, 1.165) is 5.69 Å². The SMILES string of the molecule is COC(=O)C(Br)c1ccccn1.COC(=O)Cc1ccccn1. The van der Waals surface area contributed by atoms with E-state index in [1.165, 1.54) is 14.2 Å². The summed E-state index contributed by atoms with van der Waals surface area (Å²) in [6, 6.07) is 10.8. The maximum absolute atomic E-state index is 11.0. The molecule has 0 N–H and O–H groups in total. The summed E-state index contributed by atoms with van der Waals surface area (Å²) in [6.07, 6.45) is 3.53. The van der Waals surface area contributed by atoms with Crippen LogP contribution in [0.15, 0.2) is 48.8 Å².